The Morgan fingerprint density at radius 2 is 2.28 bits per heavy atom. The first kappa shape index (κ1) is 15.9. The lowest BCUT2D eigenvalue weighted by Crippen LogP contribution is -2.39. The summed E-state index contributed by atoms with van der Waals surface area (Å²) in [6.07, 6.45) is 6.81. The van der Waals surface area contributed by atoms with Crippen LogP contribution in [0.4, 0.5) is 0 Å². The first-order chi connectivity index (χ1) is 12.1. The number of fused-ring (bicyclic) bond motifs is 1. The Labute approximate surface area is 146 Å². The van der Waals surface area contributed by atoms with E-state index in [9.17, 15) is 9.59 Å². The highest BCUT2D eigenvalue weighted by molar-refractivity contribution is 5.92. The fourth-order valence-electron chi connectivity index (χ4n) is 3.76. The van der Waals surface area contributed by atoms with Gasteiger partial charge >= 0.3 is 0 Å². The van der Waals surface area contributed by atoms with Gasteiger partial charge in [-0.2, -0.15) is 0 Å². The Morgan fingerprint density at radius 1 is 1.40 bits per heavy atom. The van der Waals surface area contributed by atoms with Gasteiger partial charge in [-0.25, -0.2) is 4.98 Å². The summed E-state index contributed by atoms with van der Waals surface area (Å²) in [7, 11) is 0. The molecular weight excluding hydrogens is 320 g/mol. The van der Waals surface area contributed by atoms with Crippen LogP contribution >= 0.6 is 0 Å². The van der Waals surface area contributed by atoms with Crippen LogP contribution < -0.4 is 0 Å². The maximum Gasteiger partial charge on any atom is 0.290 e. The number of rotatable bonds is 3. The second-order valence-electron chi connectivity index (χ2n) is 6.92. The lowest BCUT2D eigenvalue weighted by molar-refractivity contribution is -0.128. The zero-order chi connectivity index (χ0) is 17.4. The van der Waals surface area contributed by atoms with E-state index in [0.29, 0.717) is 31.8 Å². The molecule has 7 heteroatoms. The van der Waals surface area contributed by atoms with E-state index < -0.39 is 0 Å². The van der Waals surface area contributed by atoms with Gasteiger partial charge in [0, 0.05) is 56.5 Å². The van der Waals surface area contributed by atoms with Crippen LogP contribution in [0.3, 0.4) is 0 Å². The van der Waals surface area contributed by atoms with Crippen LogP contribution in [-0.2, 0) is 17.9 Å². The molecule has 4 rings (SSSR count). The van der Waals surface area contributed by atoms with Crippen molar-refractivity contribution in [3.8, 4) is 0 Å². The standard InChI is InChI=1S/C18H22N4O3/c1-13-4-8-25-17(13)18(24)22-11-14(10-21-6-2-3-16(21)23)9-20-7-5-19-15(20)12-22/h4-5,7-8,14H,2-3,6,9-12H2,1H3/t14-/m0/s1. The molecule has 25 heavy (non-hydrogen) atoms. The number of aromatic nitrogens is 2. The van der Waals surface area contributed by atoms with Crippen molar-refractivity contribution in [2.75, 3.05) is 19.6 Å². The summed E-state index contributed by atoms with van der Waals surface area (Å²) in [6.45, 7) is 5.17. The van der Waals surface area contributed by atoms with Crippen molar-refractivity contribution < 1.29 is 14.0 Å². The van der Waals surface area contributed by atoms with Gasteiger partial charge < -0.3 is 18.8 Å². The number of hydrogen-bond donors (Lipinski definition) is 0. The predicted molar refractivity (Wildman–Crippen MR) is 89.7 cm³/mol. The Kier molecular flexibility index (Phi) is 4.07. The van der Waals surface area contributed by atoms with Gasteiger partial charge in [0.1, 0.15) is 5.82 Å². The highest BCUT2D eigenvalue weighted by Crippen LogP contribution is 2.22. The molecule has 7 nitrogen and oxygen atoms in total. The summed E-state index contributed by atoms with van der Waals surface area (Å²) >= 11 is 0. The number of hydrogen-bond acceptors (Lipinski definition) is 4. The van der Waals surface area contributed by atoms with Gasteiger partial charge in [-0.1, -0.05) is 0 Å². The van der Waals surface area contributed by atoms with E-state index in [4.69, 9.17) is 4.42 Å². The van der Waals surface area contributed by atoms with Crippen LogP contribution in [-0.4, -0.2) is 50.8 Å². The third kappa shape index (κ3) is 3.06. The highest BCUT2D eigenvalue weighted by atomic mass is 16.3. The number of nitrogens with zero attached hydrogens (tertiary/aromatic N) is 4. The summed E-state index contributed by atoms with van der Waals surface area (Å²) < 4.78 is 7.48. The minimum atomic E-state index is -0.114. The highest BCUT2D eigenvalue weighted by Gasteiger charge is 2.31. The van der Waals surface area contributed by atoms with Gasteiger partial charge in [0.05, 0.1) is 12.8 Å². The molecule has 0 N–H and O–H groups in total. The first-order valence-electron chi connectivity index (χ1n) is 8.73. The molecule has 132 valence electrons. The van der Waals surface area contributed by atoms with Gasteiger partial charge in [-0.15, -0.1) is 0 Å². The van der Waals surface area contributed by atoms with Crippen LogP contribution in [0, 0.1) is 12.8 Å². The number of furan rings is 1. The number of aryl methyl sites for hydroxylation is 1. The predicted octanol–water partition coefficient (Wildman–Crippen LogP) is 1.68. The fraction of sp³-hybridized carbons (Fsp3) is 0.500. The molecule has 0 aromatic carbocycles. The Bertz CT molecular complexity index is 794. The maximum absolute atomic E-state index is 12.9. The molecule has 0 saturated carbocycles. The average Bonchev–Trinajstić information content (AvgIpc) is 3.28. The largest absolute Gasteiger partial charge is 0.459 e. The molecule has 0 radical (unpaired) electrons. The van der Waals surface area contributed by atoms with Gasteiger partial charge in [0.25, 0.3) is 5.91 Å². The number of amides is 2. The molecule has 1 atom stereocenters. The van der Waals surface area contributed by atoms with Gasteiger partial charge in [0.15, 0.2) is 5.76 Å². The molecule has 1 fully saturated rings. The molecule has 1 saturated heterocycles. The smallest absolute Gasteiger partial charge is 0.290 e. The molecule has 2 aromatic rings. The summed E-state index contributed by atoms with van der Waals surface area (Å²) in [5, 5.41) is 0. The van der Waals surface area contributed by atoms with Crippen molar-refractivity contribution in [2.45, 2.75) is 32.9 Å². The topological polar surface area (TPSA) is 71.6 Å². The summed E-state index contributed by atoms with van der Waals surface area (Å²) in [5.74, 6) is 1.53. The second-order valence-corrected chi connectivity index (χ2v) is 6.92. The van der Waals surface area contributed by atoms with E-state index in [0.717, 1.165) is 30.9 Å². The molecule has 0 aliphatic carbocycles. The molecular formula is C18H22N4O3. The van der Waals surface area contributed by atoms with Crippen molar-refractivity contribution in [3.05, 3.63) is 41.9 Å². The zero-order valence-electron chi connectivity index (χ0n) is 14.4. The van der Waals surface area contributed by atoms with E-state index >= 15 is 0 Å². The minimum absolute atomic E-state index is 0.114. The average molecular weight is 342 g/mol. The lowest BCUT2D eigenvalue weighted by Gasteiger charge is -2.27. The van der Waals surface area contributed by atoms with Gasteiger partial charge in [-0.3, -0.25) is 9.59 Å². The lowest BCUT2D eigenvalue weighted by atomic mass is 10.1. The molecule has 2 aliphatic heterocycles. The Balaban J connectivity index is 1.58. The molecule has 2 aliphatic rings. The van der Waals surface area contributed by atoms with Crippen molar-refractivity contribution in [1.82, 2.24) is 19.4 Å². The third-order valence-corrected chi connectivity index (χ3v) is 5.06. The molecule has 0 unspecified atom stereocenters. The summed E-state index contributed by atoms with van der Waals surface area (Å²) in [6, 6.07) is 1.80. The zero-order valence-corrected chi connectivity index (χ0v) is 14.4. The van der Waals surface area contributed by atoms with Crippen LogP contribution in [0.2, 0.25) is 0 Å². The monoisotopic (exact) mass is 342 g/mol. The van der Waals surface area contributed by atoms with E-state index in [2.05, 4.69) is 9.55 Å². The van der Waals surface area contributed by atoms with Crippen molar-refractivity contribution >= 4 is 11.8 Å². The Morgan fingerprint density at radius 3 is 3.00 bits per heavy atom. The minimum Gasteiger partial charge on any atom is -0.459 e. The van der Waals surface area contributed by atoms with Gasteiger partial charge in [0.2, 0.25) is 5.91 Å². The fourth-order valence-corrected chi connectivity index (χ4v) is 3.76. The van der Waals surface area contributed by atoms with Crippen molar-refractivity contribution in [3.63, 3.8) is 0 Å². The molecule has 2 amide bonds. The van der Waals surface area contributed by atoms with E-state index in [1.54, 1.807) is 23.4 Å². The molecule has 0 bridgehead atoms. The third-order valence-electron chi connectivity index (χ3n) is 5.06. The number of imidazole rings is 1. The molecule has 2 aromatic heterocycles. The van der Waals surface area contributed by atoms with Crippen molar-refractivity contribution in [1.29, 1.82) is 0 Å². The normalized spacial score (nSPS) is 20.7. The Hall–Kier alpha value is -2.57. The van der Waals surface area contributed by atoms with Crippen molar-refractivity contribution in [2.24, 2.45) is 5.92 Å². The van der Waals surface area contributed by atoms with E-state index in [1.165, 1.54) is 0 Å². The maximum atomic E-state index is 12.9. The van der Waals surface area contributed by atoms with E-state index in [1.807, 2.05) is 18.0 Å². The molecule has 4 heterocycles. The second kappa shape index (κ2) is 6.38. The van der Waals surface area contributed by atoms with Crippen LogP contribution in [0.25, 0.3) is 0 Å². The van der Waals surface area contributed by atoms with Crippen LogP contribution in [0.5, 0.6) is 0 Å². The van der Waals surface area contributed by atoms with Gasteiger partial charge in [-0.05, 0) is 19.4 Å². The van der Waals surface area contributed by atoms with Crippen LogP contribution in [0.1, 0.15) is 34.8 Å². The number of carbonyl (C=O) groups is 2. The first-order valence-corrected chi connectivity index (χ1v) is 8.73. The number of carbonyl (C=O) groups excluding carboxylic acids is 2. The van der Waals surface area contributed by atoms with E-state index in [-0.39, 0.29) is 17.7 Å². The number of likely N-dealkylation sites (tertiary alicyclic amines) is 1. The summed E-state index contributed by atoms with van der Waals surface area (Å²) in [4.78, 5) is 33.0. The van der Waals surface area contributed by atoms with Crippen LogP contribution in [0.15, 0.2) is 29.1 Å². The quantitative estimate of drug-likeness (QED) is 0.851. The summed E-state index contributed by atoms with van der Waals surface area (Å²) in [5.41, 5.74) is 0.837. The SMILES string of the molecule is Cc1ccoc1C(=O)N1Cc2nccn2C[C@@H](CN2CCCC2=O)C1. The molecule has 0 spiro atoms.